The van der Waals surface area contributed by atoms with Crippen LogP contribution in [0, 0.1) is 0 Å². The van der Waals surface area contributed by atoms with Gasteiger partial charge in [0.2, 0.25) is 5.91 Å². The molecule has 0 aromatic carbocycles. The van der Waals surface area contributed by atoms with E-state index < -0.39 is 0 Å². The molecule has 2 unspecified atom stereocenters. The number of hydrogen-bond donors (Lipinski definition) is 2. The lowest BCUT2D eigenvalue weighted by Gasteiger charge is -2.34. The van der Waals surface area contributed by atoms with Crippen LogP contribution in [0.2, 0.25) is 0 Å². The molecule has 0 bridgehead atoms. The van der Waals surface area contributed by atoms with Crippen LogP contribution in [0.5, 0.6) is 0 Å². The highest BCUT2D eigenvalue weighted by molar-refractivity contribution is 5.75. The predicted molar refractivity (Wildman–Crippen MR) is 52.4 cm³/mol. The Morgan fingerprint density at radius 3 is 2.54 bits per heavy atom. The van der Waals surface area contributed by atoms with Gasteiger partial charge >= 0.3 is 0 Å². The van der Waals surface area contributed by atoms with Gasteiger partial charge in [0, 0.05) is 13.5 Å². The Kier molecular flexibility index (Phi) is 4.95. The van der Waals surface area contributed by atoms with Crippen LogP contribution in [-0.2, 0) is 9.53 Å². The minimum Gasteiger partial charge on any atom is -0.380 e. The highest BCUT2D eigenvalue weighted by Crippen LogP contribution is 2.16. The van der Waals surface area contributed by atoms with E-state index in [9.17, 15) is 4.79 Å². The number of methoxy groups -OCH3 is 1. The molecule has 0 saturated heterocycles. The molecule has 0 spiro atoms. The van der Waals surface area contributed by atoms with E-state index in [0.29, 0.717) is 0 Å². The number of nitrogens with two attached hydrogens (primary N) is 1. The third-order valence-corrected chi connectivity index (χ3v) is 2.37. The van der Waals surface area contributed by atoms with E-state index in [2.05, 4.69) is 5.32 Å². The minimum absolute atomic E-state index is 0.0417. The van der Waals surface area contributed by atoms with E-state index in [1.165, 1.54) is 0 Å². The molecule has 4 heteroatoms. The number of carbonyl (C=O) groups is 1. The van der Waals surface area contributed by atoms with Gasteiger partial charge in [0.25, 0.3) is 0 Å². The number of hydrogen-bond acceptors (Lipinski definition) is 3. The number of likely N-dealkylation sites (N-methyl/N-ethyl adjacent to an activating group) is 1. The van der Waals surface area contributed by atoms with Crippen LogP contribution in [0.25, 0.3) is 0 Å². The first kappa shape index (κ1) is 12.4. The van der Waals surface area contributed by atoms with Crippen LogP contribution < -0.4 is 11.1 Å². The molecule has 0 aromatic rings. The van der Waals surface area contributed by atoms with Gasteiger partial charge < -0.3 is 15.8 Å². The lowest BCUT2D eigenvalue weighted by Crippen LogP contribution is -2.53. The first-order chi connectivity index (χ1) is 5.96. The number of carbonyl (C=O) groups excluding carboxylic acids is 1. The Balaban J connectivity index is 4.40. The highest BCUT2D eigenvalue weighted by Gasteiger charge is 2.31. The van der Waals surface area contributed by atoms with Gasteiger partial charge in [-0.3, -0.25) is 4.79 Å². The Bertz CT molecular complexity index is 173. The van der Waals surface area contributed by atoms with Gasteiger partial charge in [0.1, 0.15) is 0 Å². The van der Waals surface area contributed by atoms with Gasteiger partial charge in [-0.15, -0.1) is 0 Å². The number of rotatable bonds is 6. The molecule has 0 rings (SSSR count). The van der Waals surface area contributed by atoms with E-state index in [-0.39, 0.29) is 24.0 Å². The topological polar surface area (TPSA) is 64.3 Å². The van der Waals surface area contributed by atoms with Crippen LogP contribution in [0.4, 0.5) is 0 Å². The third-order valence-electron chi connectivity index (χ3n) is 2.37. The second kappa shape index (κ2) is 5.19. The van der Waals surface area contributed by atoms with Gasteiger partial charge in [-0.1, -0.05) is 6.92 Å². The molecule has 0 saturated carbocycles. The van der Waals surface area contributed by atoms with E-state index in [4.69, 9.17) is 10.5 Å². The summed E-state index contributed by atoms with van der Waals surface area (Å²) in [6, 6.07) is 0. The van der Waals surface area contributed by atoms with Gasteiger partial charge in [0.15, 0.2) is 0 Å². The zero-order chi connectivity index (χ0) is 10.5. The fourth-order valence-corrected chi connectivity index (χ4v) is 1.38. The largest absolute Gasteiger partial charge is 0.380 e. The van der Waals surface area contributed by atoms with E-state index in [1.807, 2.05) is 20.8 Å². The van der Waals surface area contributed by atoms with Crippen molar-refractivity contribution in [1.82, 2.24) is 5.32 Å². The summed E-state index contributed by atoms with van der Waals surface area (Å²) in [6.45, 7) is 6.64. The summed E-state index contributed by atoms with van der Waals surface area (Å²) < 4.78 is 5.20. The molecule has 0 radical (unpaired) electrons. The molecule has 0 aliphatic carbocycles. The summed E-state index contributed by atoms with van der Waals surface area (Å²) in [6.07, 6.45) is 0.246. The van der Waals surface area contributed by atoms with Crippen molar-refractivity contribution < 1.29 is 9.53 Å². The molecule has 0 fully saturated rings. The van der Waals surface area contributed by atoms with Gasteiger partial charge in [-0.05, 0) is 20.4 Å². The Hall–Kier alpha value is -0.610. The zero-order valence-electron chi connectivity index (χ0n) is 8.89. The summed E-state index contributed by atoms with van der Waals surface area (Å²) in [5.74, 6) is -0.313. The van der Waals surface area contributed by atoms with Crippen molar-refractivity contribution in [3.05, 3.63) is 0 Å². The van der Waals surface area contributed by atoms with Crippen LogP contribution in [0.3, 0.4) is 0 Å². The fourth-order valence-electron chi connectivity index (χ4n) is 1.38. The van der Waals surface area contributed by atoms with E-state index in [1.54, 1.807) is 7.11 Å². The normalized spacial score (nSPS) is 17.8. The number of amides is 1. The average molecular weight is 188 g/mol. The molecule has 3 N–H and O–H groups in total. The molecule has 13 heavy (non-hydrogen) atoms. The Morgan fingerprint density at radius 2 is 2.23 bits per heavy atom. The second-order valence-corrected chi connectivity index (χ2v) is 3.47. The van der Waals surface area contributed by atoms with Crippen LogP contribution >= 0.6 is 0 Å². The number of nitrogens with one attached hydrogen (secondary N) is 1. The molecule has 78 valence electrons. The highest BCUT2D eigenvalue weighted by atomic mass is 16.5. The maximum absolute atomic E-state index is 10.8. The summed E-state index contributed by atoms with van der Waals surface area (Å²) in [5, 5.41) is 3.22. The van der Waals surface area contributed by atoms with Crippen molar-refractivity contribution in [3.63, 3.8) is 0 Å². The van der Waals surface area contributed by atoms with Crippen molar-refractivity contribution >= 4 is 5.91 Å². The smallest absolute Gasteiger partial charge is 0.219 e. The Labute approximate surface area is 79.8 Å². The minimum atomic E-state index is -0.366. The summed E-state index contributed by atoms with van der Waals surface area (Å²) in [7, 11) is 1.63. The summed E-state index contributed by atoms with van der Waals surface area (Å²) >= 11 is 0. The standard InChI is InChI=1S/C9H20N2O2/c1-5-11-9(3,6-8(10)12)7(2)13-4/h7,11H,5-6H2,1-4H3,(H2,10,12). The second-order valence-electron chi connectivity index (χ2n) is 3.47. The van der Waals surface area contributed by atoms with E-state index >= 15 is 0 Å². The van der Waals surface area contributed by atoms with Gasteiger partial charge in [0.05, 0.1) is 11.6 Å². The third kappa shape index (κ3) is 3.74. The van der Waals surface area contributed by atoms with Crippen molar-refractivity contribution in [2.45, 2.75) is 38.8 Å². The fraction of sp³-hybridized carbons (Fsp3) is 0.889. The number of primary amides is 1. The monoisotopic (exact) mass is 188 g/mol. The van der Waals surface area contributed by atoms with Crippen molar-refractivity contribution in [2.24, 2.45) is 5.73 Å². The molecular formula is C9H20N2O2. The molecule has 0 heterocycles. The van der Waals surface area contributed by atoms with Gasteiger partial charge in [-0.25, -0.2) is 0 Å². The van der Waals surface area contributed by atoms with Crippen LogP contribution in [-0.4, -0.2) is 31.2 Å². The van der Waals surface area contributed by atoms with Crippen molar-refractivity contribution in [1.29, 1.82) is 0 Å². The Morgan fingerprint density at radius 1 is 1.69 bits per heavy atom. The van der Waals surface area contributed by atoms with Gasteiger partial charge in [-0.2, -0.15) is 0 Å². The van der Waals surface area contributed by atoms with E-state index in [0.717, 1.165) is 6.54 Å². The molecule has 0 aromatic heterocycles. The molecular weight excluding hydrogens is 168 g/mol. The molecule has 2 atom stereocenters. The zero-order valence-corrected chi connectivity index (χ0v) is 8.89. The quantitative estimate of drug-likeness (QED) is 0.628. The molecule has 4 nitrogen and oxygen atoms in total. The average Bonchev–Trinajstić information content (AvgIpc) is 2.02. The number of ether oxygens (including phenoxy) is 1. The first-order valence-electron chi connectivity index (χ1n) is 4.52. The molecule has 0 aliphatic rings. The molecule has 1 amide bonds. The van der Waals surface area contributed by atoms with Crippen LogP contribution in [0.1, 0.15) is 27.2 Å². The maximum atomic E-state index is 10.8. The summed E-state index contributed by atoms with van der Waals surface area (Å²) in [4.78, 5) is 10.8. The predicted octanol–water partition coefficient (Wildman–Crippen LogP) is 0.265. The lowest BCUT2D eigenvalue weighted by molar-refractivity contribution is -0.120. The summed E-state index contributed by atoms with van der Waals surface area (Å²) in [5.41, 5.74) is 4.80. The van der Waals surface area contributed by atoms with Crippen LogP contribution in [0.15, 0.2) is 0 Å². The maximum Gasteiger partial charge on any atom is 0.219 e. The molecule has 0 aliphatic heterocycles. The van der Waals surface area contributed by atoms with Crippen molar-refractivity contribution in [2.75, 3.05) is 13.7 Å². The first-order valence-corrected chi connectivity index (χ1v) is 4.52. The van der Waals surface area contributed by atoms with Crippen molar-refractivity contribution in [3.8, 4) is 0 Å². The SMILES string of the molecule is CCNC(C)(CC(N)=O)C(C)OC. The lowest BCUT2D eigenvalue weighted by atomic mass is 9.91.